The van der Waals surface area contributed by atoms with Gasteiger partial charge in [-0.3, -0.25) is 14.8 Å². The van der Waals surface area contributed by atoms with Crippen LogP contribution >= 0.6 is 23.2 Å². The van der Waals surface area contributed by atoms with Crippen LogP contribution < -0.4 is 0 Å². The number of rotatable bonds is 4. The van der Waals surface area contributed by atoms with Gasteiger partial charge in [0.2, 0.25) is 0 Å². The molecule has 3 nitrogen and oxygen atoms in total. The maximum Gasteiger partial charge on any atom is 0.185 e. The molecule has 0 bridgehead atoms. The number of hydrogen-bond acceptors (Lipinski definition) is 3. The second-order valence-electron chi connectivity index (χ2n) is 6.24. The first-order chi connectivity index (χ1) is 13.6. The quantitative estimate of drug-likeness (QED) is 0.288. The van der Waals surface area contributed by atoms with Gasteiger partial charge in [-0.05, 0) is 53.1 Å². The smallest absolute Gasteiger partial charge is 0.185 e. The standard InChI is InChI=1S/C23H14Cl2N2O/c24-19-12-18(13-20(25)14-19)16-3-5-17(6-4-16)23(28)8-2-15-1-7-21-22(11-15)27-10-9-26-21/h1-14H/b8-2+. The largest absolute Gasteiger partial charge is 0.289 e. The topological polar surface area (TPSA) is 42.9 Å². The Bertz CT molecular complexity index is 1180. The lowest BCUT2D eigenvalue weighted by atomic mass is 10.0. The second kappa shape index (κ2) is 7.93. The molecule has 0 aliphatic carbocycles. The van der Waals surface area contributed by atoms with Crippen LogP contribution in [0.5, 0.6) is 0 Å². The third-order valence-corrected chi connectivity index (χ3v) is 4.72. The van der Waals surface area contributed by atoms with Crippen molar-refractivity contribution in [3.05, 3.63) is 100 Å². The first-order valence-electron chi connectivity index (χ1n) is 8.58. The summed E-state index contributed by atoms with van der Waals surface area (Å²) in [6, 6.07) is 18.4. The van der Waals surface area contributed by atoms with Crippen molar-refractivity contribution >= 4 is 46.1 Å². The van der Waals surface area contributed by atoms with Crippen molar-refractivity contribution in [3.63, 3.8) is 0 Å². The predicted molar refractivity (Wildman–Crippen MR) is 115 cm³/mol. The number of fused-ring (bicyclic) bond motifs is 1. The van der Waals surface area contributed by atoms with Gasteiger partial charge in [0.1, 0.15) is 0 Å². The van der Waals surface area contributed by atoms with E-state index < -0.39 is 0 Å². The molecule has 4 aromatic rings. The van der Waals surface area contributed by atoms with Crippen LogP contribution in [0.1, 0.15) is 15.9 Å². The van der Waals surface area contributed by atoms with Gasteiger partial charge < -0.3 is 0 Å². The zero-order valence-corrected chi connectivity index (χ0v) is 16.2. The predicted octanol–water partition coefficient (Wildman–Crippen LogP) is 6.50. The lowest BCUT2D eigenvalue weighted by Crippen LogP contribution is -1.94. The highest BCUT2D eigenvalue weighted by Crippen LogP contribution is 2.27. The fraction of sp³-hybridized carbons (Fsp3) is 0. The molecule has 1 heterocycles. The molecule has 0 radical (unpaired) electrons. The summed E-state index contributed by atoms with van der Waals surface area (Å²) >= 11 is 12.1. The molecule has 0 aliphatic heterocycles. The Hall–Kier alpha value is -3.01. The minimum Gasteiger partial charge on any atom is -0.289 e. The van der Waals surface area contributed by atoms with Crippen LogP contribution in [-0.4, -0.2) is 15.8 Å². The summed E-state index contributed by atoms with van der Waals surface area (Å²) in [5.41, 5.74) is 4.96. The molecular formula is C23H14Cl2N2O. The van der Waals surface area contributed by atoms with Gasteiger partial charge in [-0.15, -0.1) is 0 Å². The first-order valence-corrected chi connectivity index (χ1v) is 9.34. The van der Waals surface area contributed by atoms with Gasteiger partial charge in [0.15, 0.2) is 5.78 Å². The average Bonchev–Trinajstić information content (AvgIpc) is 2.71. The van der Waals surface area contributed by atoms with Gasteiger partial charge in [0.25, 0.3) is 0 Å². The number of halogens is 2. The van der Waals surface area contributed by atoms with Gasteiger partial charge in [-0.25, -0.2) is 0 Å². The maximum absolute atomic E-state index is 12.5. The zero-order valence-electron chi connectivity index (χ0n) is 14.6. The Balaban J connectivity index is 1.53. The van der Waals surface area contributed by atoms with E-state index in [9.17, 15) is 4.79 Å². The number of hydrogen-bond donors (Lipinski definition) is 0. The van der Waals surface area contributed by atoms with E-state index in [-0.39, 0.29) is 5.78 Å². The molecule has 1 aromatic heterocycles. The molecule has 0 N–H and O–H groups in total. The minimum atomic E-state index is -0.0741. The lowest BCUT2D eigenvalue weighted by molar-refractivity contribution is 0.104. The highest BCUT2D eigenvalue weighted by atomic mass is 35.5. The van der Waals surface area contributed by atoms with Crippen LogP contribution in [-0.2, 0) is 0 Å². The van der Waals surface area contributed by atoms with Gasteiger partial charge in [-0.1, -0.05) is 59.6 Å². The minimum absolute atomic E-state index is 0.0741. The van der Waals surface area contributed by atoms with E-state index in [0.29, 0.717) is 15.6 Å². The van der Waals surface area contributed by atoms with Gasteiger partial charge >= 0.3 is 0 Å². The molecule has 0 spiro atoms. The number of nitrogens with zero attached hydrogens (tertiary/aromatic N) is 2. The molecule has 0 aliphatic rings. The van der Waals surface area contributed by atoms with Crippen LogP contribution in [0.25, 0.3) is 28.2 Å². The fourth-order valence-electron chi connectivity index (χ4n) is 2.90. The van der Waals surface area contributed by atoms with Crippen LogP contribution in [0.2, 0.25) is 10.0 Å². The highest BCUT2D eigenvalue weighted by Gasteiger charge is 2.05. The summed E-state index contributed by atoms with van der Waals surface area (Å²) in [4.78, 5) is 21.0. The zero-order chi connectivity index (χ0) is 19.5. The van der Waals surface area contributed by atoms with E-state index in [0.717, 1.165) is 27.7 Å². The van der Waals surface area contributed by atoms with Crippen molar-refractivity contribution < 1.29 is 4.79 Å². The van der Waals surface area contributed by atoms with Crippen LogP contribution in [0, 0.1) is 0 Å². The van der Waals surface area contributed by atoms with Gasteiger partial charge in [0.05, 0.1) is 11.0 Å². The van der Waals surface area contributed by atoms with E-state index in [1.807, 2.05) is 42.5 Å². The fourth-order valence-corrected chi connectivity index (χ4v) is 3.43. The van der Waals surface area contributed by atoms with E-state index in [2.05, 4.69) is 9.97 Å². The summed E-state index contributed by atoms with van der Waals surface area (Å²) < 4.78 is 0. The highest BCUT2D eigenvalue weighted by molar-refractivity contribution is 6.35. The molecule has 0 saturated carbocycles. The molecule has 28 heavy (non-hydrogen) atoms. The molecule has 5 heteroatoms. The monoisotopic (exact) mass is 404 g/mol. The average molecular weight is 405 g/mol. The molecule has 0 atom stereocenters. The molecule has 0 amide bonds. The molecule has 3 aromatic carbocycles. The Morgan fingerprint density at radius 2 is 1.43 bits per heavy atom. The van der Waals surface area contributed by atoms with Crippen molar-refractivity contribution in [2.24, 2.45) is 0 Å². The lowest BCUT2D eigenvalue weighted by Gasteiger charge is -2.05. The third kappa shape index (κ3) is 4.11. The summed E-state index contributed by atoms with van der Waals surface area (Å²) in [6.45, 7) is 0. The maximum atomic E-state index is 12.5. The first kappa shape index (κ1) is 18.4. The van der Waals surface area contributed by atoms with E-state index in [1.54, 1.807) is 42.7 Å². The number of carbonyl (C=O) groups excluding carboxylic acids is 1. The van der Waals surface area contributed by atoms with Crippen LogP contribution in [0.15, 0.2) is 79.1 Å². The van der Waals surface area contributed by atoms with Crippen LogP contribution in [0.3, 0.4) is 0 Å². The van der Waals surface area contributed by atoms with Crippen molar-refractivity contribution in [3.8, 4) is 11.1 Å². The van der Waals surface area contributed by atoms with Crippen LogP contribution in [0.4, 0.5) is 0 Å². The summed E-state index contributed by atoms with van der Waals surface area (Å²) in [5, 5.41) is 1.15. The van der Waals surface area contributed by atoms with Crippen molar-refractivity contribution in [1.82, 2.24) is 9.97 Å². The molecule has 0 fully saturated rings. The Labute approximate surface area is 172 Å². The molecular weight excluding hydrogens is 391 g/mol. The summed E-state index contributed by atoms with van der Waals surface area (Å²) in [5.74, 6) is -0.0741. The number of allylic oxidation sites excluding steroid dienone is 1. The molecule has 0 saturated heterocycles. The SMILES string of the molecule is O=C(/C=C/c1ccc2nccnc2c1)c1ccc(-c2cc(Cl)cc(Cl)c2)cc1. The Morgan fingerprint density at radius 1 is 0.750 bits per heavy atom. The van der Waals surface area contributed by atoms with E-state index in [4.69, 9.17) is 23.2 Å². The summed E-state index contributed by atoms with van der Waals surface area (Å²) in [6.07, 6.45) is 6.64. The molecule has 136 valence electrons. The van der Waals surface area contributed by atoms with Gasteiger partial charge in [0, 0.05) is 28.0 Å². The second-order valence-corrected chi connectivity index (χ2v) is 7.11. The van der Waals surface area contributed by atoms with Crippen molar-refractivity contribution in [1.29, 1.82) is 0 Å². The van der Waals surface area contributed by atoms with E-state index in [1.165, 1.54) is 0 Å². The molecule has 0 unspecified atom stereocenters. The number of carbonyl (C=O) groups is 1. The Morgan fingerprint density at radius 3 is 2.14 bits per heavy atom. The molecule has 4 rings (SSSR count). The van der Waals surface area contributed by atoms with Gasteiger partial charge in [-0.2, -0.15) is 0 Å². The van der Waals surface area contributed by atoms with E-state index >= 15 is 0 Å². The third-order valence-electron chi connectivity index (χ3n) is 4.29. The summed E-state index contributed by atoms with van der Waals surface area (Å²) in [7, 11) is 0. The number of benzene rings is 3. The Kier molecular flexibility index (Phi) is 5.20. The van der Waals surface area contributed by atoms with Crippen molar-refractivity contribution in [2.75, 3.05) is 0 Å². The number of ketones is 1. The normalized spacial score (nSPS) is 11.2. The number of aromatic nitrogens is 2. The van der Waals surface area contributed by atoms with Crippen molar-refractivity contribution in [2.45, 2.75) is 0 Å².